The zero-order chi connectivity index (χ0) is 15.5. The Morgan fingerprint density at radius 2 is 2.10 bits per heavy atom. The van der Waals surface area contributed by atoms with Crippen molar-refractivity contribution >= 4 is 12.4 Å². The Hall–Kier alpha value is -1.40. The molecule has 0 aromatic heterocycles. The third kappa shape index (κ3) is 6.27. The lowest BCUT2D eigenvalue weighted by Gasteiger charge is -2.23. The van der Waals surface area contributed by atoms with Gasteiger partial charge in [-0.2, -0.15) is 0 Å². The molecule has 0 bridgehead atoms. The lowest BCUT2D eigenvalue weighted by molar-refractivity contribution is -0.135. The second kappa shape index (κ2) is 10.3. The Morgan fingerprint density at radius 3 is 2.71 bits per heavy atom. The second-order valence-corrected chi connectivity index (χ2v) is 5.21. The number of nitrogens with zero attached hydrogens (tertiary/aromatic N) is 2. The van der Waals surface area contributed by atoms with Gasteiger partial charge in [0.25, 0.3) is 6.47 Å². The molecule has 2 fully saturated rings. The molecule has 1 unspecified atom stereocenters. The maximum absolute atomic E-state index is 12.3. The van der Waals surface area contributed by atoms with E-state index in [1.54, 1.807) is 0 Å². The van der Waals surface area contributed by atoms with Crippen LogP contribution in [0.2, 0.25) is 0 Å². The summed E-state index contributed by atoms with van der Waals surface area (Å²) in [4.78, 5) is 25.1. The number of ether oxygens (including phenoxy) is 1. The SMILES string of the molecule is C/C=C/CN1CCCN(C(=O)C2CCOC2)CC1.O=CO. The smallest absolute Gasteiger partial charge is 0.290 e. The van der Waals surface area contributed by atoms with Crippen LogP contribution in [0.15, 0.2) is 12.2 Å². The van der Waals surface area contributed by atoms with Gasteiger partial charge in [0.1, 0.15) is 0 Å². The first-order chi connectivity index (χ1) is 10.2. The van der Waals surface area contributed by atoms with Crippen LogP contribution in [0.3, 0.4) is 0 Å². The van der Waals surface area contributed by atoms with Crippen LogP contribution < -0.4 is 0 Å². The zero-order valence-corrected chi connectivity index (χ0v) is 12.7. The molecule has 0 aliphatic carbocycles. The Balaban J connectivity index is 0.000000677. The maximum Gasteiger partial charge on any atom is 0.290 e. The molecule has 21 heavy (non-hydrogen) atoms. The molecule has 2 heterocycles. The van der Waals surface area contributed by atoms with Crippen molar-refractivity contribution in [1.29, 1.82) is 0 Å². The summed E-state index contributed by atoms with van der Waals surface area (Å²) >= 11 is 0. The molecule has 2 saturated heterocycles. The summed E-state index contributed by atoms with van der Waals surface area (Å²) in [6, 6.07) is 0. The number of amides is 1. The van der Waals surface area contributed by atoms with Crippen LogP contribution >= 0.6 is 0 Å². The molecular formula is C15H26N2O4. The first-order valence-corrected chi connectivity index (χ1v) is 7.50. The van der Waals surface area contributed by atoms with Crippen LogP contribution in [0.25, 0.3) is 0 Å². The van der Waals surface area contributed by atoms with Crippen LogP contribution in [0, 0.1) is 5.92 Å². The normalized spacial score (nSPS) is 23.5. The molecule has 2 aliphatic rings. The third-order valence-electron chi connectivity index (χ3n) is 3.78. The van der Waals surface area contributed by atoms with Gasteiger partial charge < -0.3 is 14.7 Å². The summed E-state index contributed by atoms with van der Waals surface area (Å²) in [6.45, 7) is 8.03. The fourth-order valence-electron chi connectivity index (χ4n) is 2.62. The van der Waals surface area contributed by atoms with Gasteiger partial charge in [0, 0.05) is 39.3 Å². The lowest BCUT2D eigenvalue weighted by atomic mass is 10.1. The van der Waals surface area contributed by atoms with Crippen LogP contribution in [0.5, 0.6) is 0 Å². The summed E-state index contributed by atoms with van der Waals surface area (Å²) in [7, 11) is 0. The van der Waals surface area contributed by atoms with E-state index in [4.69, 9.17) is 14.6 Å². The van der Waals surface area contributed by atoms with Gasteiger partial charge in [0.05, 0.1) is 12.5 Å². The van der Waals surface area contributed by atoms with Crippen molar-refractivity contribution in [3.8, 4) is 0 Å². The average molecular weight is 298 g/mol. The topological polar surface area (TPSA) is 70.1 Å². The van der Waals surface area contributed by atoms with E-state index in [1.165, 1.54) is 0 Å². The molecule has 0 spiro atoms. The van der Waals surface area contributed by atoms with Gasteiger partial charge in [-0.1, -0.05) is 12.2 Å². The highest BCUT2D eigenvalue weighted by Gasteiger charge is 2.28. The van der Waals surface area contributed by atoms with E-state index in [0.717, 1.165) is 52.2 Å². The van der Waals surface area contributed by atoms with Gasteiger partial charge in [-0.3, -0.25) is 14.5 Å². The van der Waals surface area contributed by atoms with Crippen molar-refractivity contribution in [3.63, 3.8) is 0 Å². The molecule has 1 atom stereocenters. The minimum Gasteiger partial charge on any atom is -0.483 e. The molecule has 2 rings (SSSR count). The van der Waals surface area contributed by atoms with Gasteiger partial charge in [-0.15, -0.1) is 0 Å². The first-order valence-electron chi connectivity index (χ1n) is 7.50. The van der Waals surface area contributed by atoms with E-state index in [1.807, 2.05) is 11.8 Å². The lowest BCUT2D eigenvalue weighted by Crippen LogP contribution is -2.39. The molecule has 0 aromatic carbocycles. The van der Waals surface area contributed by atoms with E-state index >= 15 is 0 Å². The summed E-state index contributed by atoms with van der Waals surface area (Å²) in [5.41, 5.74) is 0. The predicted octanol–water partition coefficient (Wildman–Crippen LogP) is 0.834. The number of carbonyl (C=O) groups excluding carboxylic acids is 1. The number of carbonyl (C=O) groups is 2. The van der Waals surface area contributed by atoms with Crippen molar-refractivity contribution < 1.29 is 19.4 Å². The Kier molecular flexibility index (Phi) is 8.69. The quantitative estimate of drug-likeness (QED) is 0.617. The van der Waals surface area contributed by atoms with Gasteiger partial charge >= 0.3 is 0 Å². The summed E-state index contributed by atoms with van der Waals surface area (Å²) < 4.78 is 5.31. The summed E-state index contributed by atoms with van der Waals surface area (Å²) in [5.74, 6) is 0.424. The number of allylic oxidation sites excluding steroid dienone is 1. The highest BCUT2D eigenvalue weighted by Crippen LogP contribution is 2.16. The Labute approximate surface area is 126 Å². The third-order valence-corrected chi connectivity index (χ3v) is 3.78. The van der Waals surface area contributed by atoms with Crippen molar-refractivity contribution in [2.75, 3.05) is 45.9 Å². The fraction of sp³-hybridized carbons (Fsp3) is 0.733. The minimum atomic E-state index is -0.250. The highest BCUT2D eigenvalue weighted by molar-refractivity contribution is 5.79. The average Bonchev–Trinajstić information content (AvgIpc) is 2.91. The van der Waals surface area contributed by atoms with Gasteiger partial charge in [0.2, 0.25) is 5.91 Å². The molecule has 120 valence electrons. The molecule has 1 N–H and O–H groups in total. The van der Waals surface area contributed by atoms with Gasteiger partial charge in [0.15, 0.2) is 0 Å². The number of rotatable bonds is 3. The molecule has 2 aliphatic heterocycles. The zero-order valence-electron chi connectivity index (χ0n) is 12.7. The largest absolute Gasteiger partial charge is 0.483 e. The van der Waals surface area contributed by atoms with Crippen LogP contribution in [0.4, 0.5) is 0 Å². The van der Waals surface area contributed by atoms with Crippen LogP contribution in [-0.4, -0.2) is 73.2 Å². The van der Waals surface area contributed by atoms with Crippen molar-refractivity contribution in [2.45, 2.75) is 19.8 Å². The molecule has 1 amide bonds. The Bertz CT molecular complexity index is 341. The molecule has 0 saturated carbocycles. The molecule has 6 nitrogen and oxygen atoms in total. The van der Waals surface area contributed by atoms with E-state index in [0.29, 0.717) is 12.5 Å². The predicted molar refractivity (Wildman–Crippen MR) is 80.1 cm³/mol. The van der Waals surface area contributed by atoms with Crippen LogP contribution in [0.1, 0.15) is 19.8 Å². The fourth-order valence-corrected chi connectivity index (χ4v) is 2.62. The molecule has 6 heteroatoms. The highest BCUT2D eigenvalue weighted by atomic mass is 16.5. The number of carboxylic acid groups (broad SMARTS) is 1. The monoisotopic (exact) mass is 298 g/mol. The maximum atomic E-state index is 12.3. The molecular weight excluding hydrogens is 272 g/mol. The molecule has 0 radical (unpaired) electrons. The summed E-state index contributed by atoms with van der Waals surface area (Å²) in [5, 5.41) is 6.89. The Morgan fingerprint density at radius 1 is 1.33 bits per heavy atom. The van der Waals surface area contributed by atoms with E-state index in [2.05, 4.69) is 17.1 Å². The first kappa shape index (κ1) is 17.7. The van der Waals surface area contributed by atoms with Gasteiger partial charge in [-0.25, -0.2) is 0 Å². The minimum absolute atomic E-state index is 0.118. The van der Waals surface area contributed by atoms with Gasteiger partial charge in [-0.05, 0) is 19.8 Å². The molecule has 0 aromatic rings. The number of hydrogen-bond donors (Lipinski definition) is 1. The van der Waals surface area contributed by atoms with Crippen molar-refractivity contribution in [3.05, 3.63) is 12.2 Å². The van der Waals surface area contributed by atoms with Crippen molar-refractivity contribution in [1.82, 2.24) is 9.80 Å². The van der Waals surface area contributed by atoms with E-state index < -0.39 is 0 Å². The van der Waals surface area contributed by atoms with E-state index in [-0.39, 0.29) is 12.4 Å². The second-order valence-electron chi connectivity index (χ2n) is 5.21. The standard InChI is InChI=1S/C14H24N2O2.CH2O2/c1-2-3-6-15-7-4-8-16(10-9-15)14(17)13-5-11-18-12-13;2-1-3/h2-3,13H,4-12H2,1H3;1H,(H,2,3)/b3-2+;. The van der Waals surface area contributed by atoms with E-state index in [9.17, 15) is 4.79 Å². The number of hydrogen-bond acceptors (Lipinski definition) is 4. The summed E-state index contributed by atoms with van der Waals surface area (Å²) in [6.07, 6.45) is 6.25. The van der Waals surface area contributed by atoms with Crippen molar-refractivity contribution in [2.24, 2.45) is 5.92 Å². The van der Waals surface area contributed by atoms with Crippen LogP contribution in [-0.2, 0) is 14.3 Å².